The summed E-state index contributed by atoms with van der Waals surface area (Å²) in [5.41, 5.74) is 1.82. The lowest BCUT2D eigenvalue weighted by Gasteiger charge is -2.35. The lowest BCUT2D eigenvalue weighted by molar-refractivity contribution is 0.0124. The number of hydrogen-bond acceptors (Lipinski definition) is 4. The van der Waals surface area contributed by atoms with Gasteiger partial charge in [0.2, 0.25) is 0 Å². The van der Waals surface area contributed by atoms with Crippen LogP contribution in [0.1, 0.15) is 36.2 Å². The van der Waals surface area contributed by atoms with Gasteiger partial charge in [0.1, 0.15) is 0 Å². The van der Waals surface area contributed by atoms with E-state index in [0.717, 1.165) is 38.3 Å². The Bertz CT molecular complexity index is 691. The number of nitrogens with zero attached hydrogens (tertiary/aromatic N) is 3. The molecule has 1 unspecified atom stereocenters. The molecule has 1 aromatic carbocycles. The molecule has 1 aliphatic heterocycles. The Morgan fingerprint density at radius 3 is 2.59 bits per heavy atom. The van der Waals surface area contributed by atoms with Crippen LogP contribution in [-0.4, -0.2) is 59.5 Å². The lowest BCUT2D eigenvalue weighted by Crippen LogP contribution is -2.49. The second-order valence-corrected chi connectivity index (χ2v) is 7.54. The number of ether oxygens (including phenoxy) is 1. The van der Waals surface area contributed by atoms with E-state index in [2.05, 4.69) is 29.2 Å². The van der Waals surface area contributed by atoms with E-state index in [0.29, 0.717) is 30.6 Å². The molecule has 1 amide bonds. The molecule has 27 heavy (non-hydrogen) atoms. The number of hydrogen-bond donors (Lipinski definition) is 1. The van der Waals surface area contributed by atoms with Gasteiger partial charge in [0.05, 0.1) is 19.8 Å². The molecule has 1 aliphatic rings. The highest BCUT2D eigenvalue weighted by Crippen LogP contribution is 2.13. The third-order valence-electron chi connectivity index (χ3n) is 4.92. The largest absolute Gasteiger partial charge is 0.379 e. The first-order valence-electron chi connectivity index (χ1n) is 9.78. The van der Waals surface area contributed by atoms with Crippen molar-refractivity contribution >= 4 is 5.91 Å². The van der Waals surface area contributed by atoms with Crippen LogP contribution in [0.5, 0.6) is 0 Å². The van der Waals surface area contributed by atoms with Gasteiger partial charge in [0.15, 0.2) is 0 Å². The maximum absolute atomic E-state index is 12.6. The fourth-order valence-corrected chi connectivity index (χ4v) is 3.50. The van der Waals surface area contributed by atoms with E-state index in [1.54, 1.807) is 6.20 Å². The summed E-state index contributed by atoms with van der Waals surface area (Å²) in [7, 11) is 0. The van der Waals surface area contributed by atoms with E-state index < -0.39 is 0 Å². The van der Waals surface area contributed by atoms with Gasteiger partial charge in [-0.25, -0.2) is 0 Å². The Balaban J connectivity index is 1.54. The van der Waals surface area contributed by atoms with E-state index >= 15 is 0 Å². The minimum absolute atomic E-state index is 0.0114. The van der Waals surface area contributed by atoms with Crippen LogP contribution in [-0.2, 0) is 11.3 Å². The average Bonchev–Trinajstić information content (AvgIpc) is 3.19. The molecule has 0 aliphatic carbocycles. The SMILES string of the molecule is CC(C)CC(CNC(=O)c1ccc(Cn2cccn2)cc1)N1CCOCC1. The molecule has 2 aromatic rings. The zero-order valence-corrected chi connectivity index (χ0v) is 16.3. The van der Waals surface area contributed by atoms with Crippen LogP contribution in [0.4, 0.5) is 0 Å². The first-order valence-corrected chi connectivity index (χ1v) is 9.78. The van der Waals surface area contributed by atoms with Gasteiger partial charge in [-0.2, -0.15) is 5.10 Å². The molecule has 1 fully saturated rings. The van der Waals surface area contributed by atoms with Crippen LogP contribution < -0.4 is 5.32 Å². The Labute approximate surface area is 161 Å². The second kappa shape index (κ2) is 9.67. The van der Waals surface area contributed by atoms with Gasteiger partial charge in [-0.3, -0.25) is 14.4 Å². The molecule has 146 valence electrons. The molecule has 1 N–H and O–H groups in total. The molecule has 3 rings (SSSR count). The van der Waals surface area contributed by atoms with Crippen LogP contribution in [0, 0.1) is 5.92 Å². The van der Waals surface area contributed by atoms with E-state index in [-0.39, 0.29) is 5.91 Å². The molecule has 0 bridgehead atoms. The predicted molar refractivity (Wildman–Crippen MR) is 106 cm³/mol. The van der Waals surface area contributed by atoms with Gasteiger partial charge < -0.3 is 10.1 Å². The lowest BCUT2D eigenvalue weighted by atomic mass is 10.0. The Morgan fingerprint density at radius 2 is 1.96 bits per heavy atom. The third kappa shape index (κ3) is 5.91. The fraction of sp³-hybridized carbons (Fsp3) is 0.524. The van der Waals surface area contributed by atoms with Crippen molar-refractivity contribution in [3.8, 4) is 0 Å². The molecule has 2 heterocycles. The van der Waals surface area contributed by atoms with Gasteiger partial charge in [0, 0.05) is 43.6 Å². The minimum atomic E-state index is -0.0114. The summed E-state index contributed by atoms with van der Waals surface area (Å²) >= 11 is 0. The van der Waals surface area contributed by atoms with Crippen molar-refractivity contribution in [2.75, 3.05) is 32.8 Å². The smallest absolute Gasteiger partial charge is 0.251 e. The summed E-state index contributed by atoms with van der Waals surface area (Å²) in [6.45, 7) is 9.28. The van der Waals surface area contributed by atoms with E-state index in [4.69, 9.17) is 4.74 Å². The molecule has 0 saturated carbocycles. The van der Waals surface area contributed by atoms with Crippen molar-refractivity contribution in [3.63, 3.8) is 0 Å². The molecular formula is C21H30N4O2. The van der Waals surface area contributed by atoms with E-state index in [1.165, 1.54) is 0 Å². The van der Waals surface area contributed by atoms with Gasteiger partial charge in [-0.05, 0) is 36.1 Å². The highest BCUT2D eigenvalue weighted by molar-refractivity contribution is 5.94. The summed E-state index contributed by atoms with van der Waals surface area (Å²) in [6, 6.07) is 10.0. The monoisotopic (exact) mass is 370 g/mol. The van der Waals surface area contributed by atoms with Crippen LogP contribution >= 0.6 is 0 Å². The molecule has 1 saturated heterocycles. The quantitative estimate of drug-likeness (QED) is 0.775. The molecular weight excluding hydrogens is 340 g/mol. The number of rotatable bonds is 8. The molecule has 6 heteroatoms. The van der Waals surface area contributed by atoms with Gasteiger partial charge >= 0.3 is 0 Å². The Morgan fingerprint density at radius 1 is 1.22 bits per heavy atom. The van der Waals surface area contributed by atoms with Gasteiger partial charge in [-0.1, -0.05) is 26.0 Å². The summed E-state index contributed by atoms with van der Waals surface area (Å²) in [4.78, 5) is 15.0. The molecule has 6 nitrogen and oxygen atoms in total. The zero-order valence-electron chi connectivity index (χ0n) is 16.3. The highest BCUT2D eigenvalue weighted by Gasteiger charge is 2.22. The van der Waals surface area contributed by atoms with Crippen LogP contribution in [0.25, 0.3) is 0 Å². The highest BCUT2D eigenvalue weighted by atomic mass is 16.5. The minimum Gasteiger partial charge on any atom is -0.379 e. The first kappa shape index (κ1) is 19.6. The van der Waals surface area contributed by atoms with Gasteiger partial charge in [-0.15, -0.1) is 0 Å². The standard InChI is InChI=1S/C21H30N4O2/c1-17(2)14-20(24-10-12-27-13-11-24)15-22-21(26)19-6-4-18(5-7-19)16-25-9-3-8-23-25/h3-9,17,20H,10-16H2,1-2H3,(H,22,26). The summed E-state index contributed by atoms with van der Waals surface area (Å²) in [5, 5.41) is 7.34. The Hall–Kier alpha value is -2.18. The van der Waals surface area contributed by atoms with E-state index in [9.17, 15) is 4.79 Å². The van der Waals surface area contributed by atoms with Crippen LogP contribution in [0.3, 0.4) is 0 Å². The maximum atomic E-state index is 12.6. The van der Waals surface area contributed by atoms with Crippen molar-refractivity contribution < 1.29 is 9.53 Å². The van der Waals surface area contributed by atoms with Crippen LogP contribution in [0.15, 0.2) is 42.7 Å². The van der Waals surface area contributed by atoms with E-state index in [1.807, 2.05) is 41.2 Å². The zero-order chi connectivity index (χ0) is 19.1. The predicted octanol–water partition coefficient (Wildman–Crippen LogP) is 2.41. The fourth-order valence-electron chi connectivity index (χ4n) is 3.50. The third-order valence-corrected chi connectivity index (χ3v) is 4.92. The van der Waals surface area contributed by atoms with Crippen molar-refractivity contribution in [2.45, 2.75) is 32.9 Å². The molecule has 0 radical (unpaired) electrons. The molecule has 1 atom stereocenters. The number of aromatic nitrogens is 2. The van der Waals surface area contributed by atoms with Crippen molar-refractivity contribution in [1.82, 2.24) is 20.0 Å². The number of morpholine rings is 1. The number of carbonyl (C=O) groups excluding carboxylic acids is 1. The topological polar surface area (TPSA) is 59.4 Å². The molecule has 1 aromatic heterocycles. The second-order valence-electron chi connectivity index (χ2n) is 7.54. The first-order chi connectivity index (χ1) is 13.1. The summed E-state index contributed by atoms with van der Waals surface area (Å²) in [6.07, 6.45) is 4.77. The Kier molecular flexibility index (Phi) is 7.01. The van der Waals surface area contributed by atoms with Crippen molar-refractivity contribution in [1.29, 1.82) is 0 Å². The summed E-state index contributed by atoms with van der Waals surface area (Å²) in [5.74, 6) is 0.582. The number of nitrogens with one attached hydrogen (secondary N) is 1. The number of benzene rings is 1. The summed E-state index contributed by atoms with van der Waals surface area (Å²) < 4.78 is 7.33. The van der Waals surface area contributed by atoms with Gasteiger partial charge in [0.25, 0.3) is 5.91 Å². The maximum Gasteiger partial charge on any atom is 0.251 e. The van der Waals surface area contributed by atoms with Crippen molar-refractivity contribution in [3.05, 3.63) is 53.9 Å². The number of amides is 1. The van der Waals surface area contributed by atoms with Crippen LogP contribution in [0.2, 0.25) is 0 Å². The molecule has 0 spiro atoms. The average molecular weight is 370 g/mol. The normalized spacial score (nSPS) is 16.4. The van der Waals surface area contributed by atoms with Crippen molar-refractivity contribution in [2.24, 2.45) is 5.92 Å². The number of carbonyl (C=O) groups is 1.